The van der Waals surface area contributed by atoms with Crippen molar-refractivity contribution in [2.24, 2.45) is 29.1 Å². The van der Waals surface area contributed by atoms with E-state index in [2.05, 4.69) is 6.92 Å². The van der Waals surface area contributed by atoms with Gasteiger partial charge in [0, 0.05) is 13.6 Å². The number of aliphatic carboxylic acids is 1. The molecule has 2 rings (SSSR count). The van der Waals surface area contributed by atoms with Crippen LogP contribution in [0.25, 0.3) is 0 Å². The van der Waals surface area contributed by atoms with Gasteiger partial charge in [-0.2, -0.15) is 0 Å². The van der Waals surface area contributed by atoms with Gasteiger partial charge >= 0.3 is 5.97 Å². The minimum absolute atomic E-state index is 0.00139. The molecule has 4 atom stereocenters. The Hall–Kier alpha value is -1.06. The molecule has 0 bridgehead atoms. The fourth-order valence-corrected chi connectivity index (χ4v) is 2.89. The summed E-state index contributed by atoms with van der Waals surface area (Å²) in [4.78, 5) is 24.9. The molecule has 2 unspecified atom stereocenters. The third-order valence-corrected chi connectivity index (χ3v) is 4.52. The van der Waals surface area contributed by atoms with E-state index in [1.54, 1.807) is 11.9 Å². The Morgan fingerprint density at radius 1 is 1.35 bits per heavy atom. The van der Waals surface area contributed by atoms with E-state index in [9.17, 15) is 9.59 Å². The fourth-order valence-electron chi connectivity index (χ4n) is 2.89. The van der Waals surface area contributed by atoms with Crippen molar-refractivity contribution in [2.75, 3.05) is 13.6 Å². The molecule has 1 N–H and O–H groups in total. The largest absolute Gasteiger partial charge is 0.481 e. The molecule has 4 nitrogen and oxygen atoms in total. The Labute approximate surface area is 102 Å². The summed E-state index contributed by atoms with van der Waals surface area (Å²) in [7, 11) is 1.79. The zero-order chi connectivity index (χ0) is 13.0. The molecule has 2 aliphatic rings. The second kappa shape index (κ2) is 3.72. The van der Waals surface area contributed by atoms with Crippen LogP contribution in [0.1, 0.15) is 27.2 Å². The molecule has 0 spiro atoms. The highest BCUT2D eigenvalue weighted by Gasteiger charge is 2.66. The van der Waals surface area contributed by atoms with Gasteiger partial charge in [-0.3, -0.25) is 9.59 Å². The first kappa shape index (κ1) is 12.4. The van der Waals surface area contributed by atoms with Crippen LogP contribution in [0.15, 0.2) is 0 Å². The standard InChI is InChI=1S/C13H21NO3/c1-7-5-8(7)6-14(4)11(15)9-10(12(16)17)13(9,2)3/h7-10H,5-6H2,1-4H3,(H,16,17)/t7?,8?,9-,10+/m1/s1. The summed E-state index contributed by atoms with van der Waals surface area (Å²) in [5, 5.41) is 9.06. The summed E-state index contributed by atoms with van der Waals surface area (Å²) in [6, 6.07) is 0. The first-order valence-corrected chi connectivity index (χ1v) is 6.24. The normalized spacial score (nSPS) is 37.4. The molecule has 0 radical (unpaired) electrons. The zero-order valence-electron chi connectivity index (χ0n) is 10.9. The minimum Gasteiger partial charge on any atom is -0.481 e. The number of carboxylic acids is 1. The van der Waals surface area contributed by atoms with E-state index in [1.165, 1.54) is 6.42 Å². The molecule has 0 saturated heterocycles. The molecule has 4 heteroatoms. The maximum Gasteiger partial charge on any atom is 0.307 e. The van der Waals surface area contributed by atoms with Gasteiger partial charge < -0.3 is 10.0 Å². The minimum atomic E-state index is -0.846. The lowest BCUT2D eigenvalue weighted by Gasteiger charge is -2.17. The Morgan fingerprint density at radius 3 is 2.24 bits per heavy atom. The number of rotatable bonds is 4. The molecule has 1 amide bonds. The first-order valence-electron chi connectivity index (χ1n) is 6.24. The molecule has 96 valence electrons. The Kier molecular flexibility index (Phi) is 2.71. The topological polar surface area (TPSA) is 57.6 Å². The van der Waals surface area contributed by atoms with Crippen LogP contribution < -0.4 is 0 Å². The van der Waals surface area contributed by atoms with Crippen LogP contribution in [0.2, 0.25) is 0 Å². The molecule has 2 aliphatic carbocycles. The SMILES string of the molecule is CC1CC1CN(C)C(=O)[C@H]1[C@@H](C(=O)O)C1(C)C. The Balaban J connectivity index is 1.94. The Morgan fingerprint density at radius 2 is 1.88 bits per heavy atom. The highest BCUT2D eigenvalue weighted by Crippen LogP contribution is 2.59. The molecule has 2 fully saturated rings. The molecule has 0 aliphatic heterocycles. The molecule has 0 aromatic heterocycles. The van der Waals surface area contributed by atoms with Crippen LogP contribution in [0.4, 0.5) is 0 Å². The second-order valence-corrected chi connectivity index (χ2v) is 6.31. The quantitative estimate of drug-likeness (QED) is 0.808. The van der Waals surface area contributed by atoms with Gasteiger partial charge in [-0.05, 0) is 23.7 Å². The summed E-state index contributed by atoms with van der Waals surface area (Å²) in [6.45, 7) is 6.69. The predicted octanol–water partition coefficient (Wildman–Crippen LogP) is 1.46. The third kappa shape index (κ3) is 2.05. The van der Waals surface area contributed by atoms with Crippen LogP contribution in [0.5, 0.6) is 0 Å². The summed E-state index contributed by atoms with van der Waals surface area (Å²) in [6.07, 6.45) is 1.19. The van der Waals surface area contributed by atoms with Crippen LogP contribution in [0.3, 0.4) is 0 Å². The van der Waals surface area contributed by atoms with E-state index in [-0.39, 0.29) is 17.2 Å². The van der Waals surface area contributed by atoms with Gasteiger partial charge in [-0.15, -0.1) is 0 Å². The molecular weight excluding hydrogens is 218 g/mol. The van der Waals surface area contributed by atoms with Crippen LogP contribution in [0, 0.1) is 29.1 Å². The fraction of sp³-hybridized carbons (Fsp3) is 0.846. The number of carbonyl (C=O) groups is 2. The molecule has 2 saturated carbocycles. The van der Waals surface area contributed by atoms with Crippen molar-refractivity contribution in [1.29, 1.82) is 0 Å². The number of hydrogen-bond donors (Lipinski definition) is 1. The van der Waals surface area contributed by atoms with Crippen LogP contribution in [-0.4, -0.2) is 35.5 Å². The van der Waals surface area contributed by atoms with Gasteiger partial charge in [0.25, 0.3) is 0 Å². The average molecular weight is 239 g/mol. The maximum absolute atomic E-state index is 12.2. The van der Waals surface area contributed by atoms with E-state index in [0.29, 0.717) is 11.8 Å². The van der Waals surface area contributed by atoms with E-state index in [4.69, 9.17) is 5.11 Å². The highest BCUT2D eigenvalue weighted by atomic mass is 16.4. The van der Waals surface area contributed by atoms with Gasteiger partial charge in [0.05, 0.1) is 11.8 Å². The van der Waals surface area contributed by atoms with Crippen molar-refractivity contribution in [3.05, 3.63) is 0 Å². The first-order chi connectivity index (χ1) is 7.76. The van der Waals surface area contributed by atoms with Crippen molar-refractivity contribution < 1.29 is 14.7 Å². The average Bonchev–Trinajstić information content (AvgIpc) is 3.02. The molecule has 0 heterocycles. The van der Waals surface area contributed by atoms with Gasteiger partial charge in [-0.1, -0.05) is 20.8 Å². The van der Waals surface area contributed by atoms with Crippen molar-refractivity contribution in [3.8, 4) is 0 Å². The van der Waals surface area contributed by atoms with Crippen LogP contribution in [-0.2, 0) is 9.59 Å². The van der Waals surface area contributed by atoms with Crippen molar-refractivity contribution in [3.63, 3.8) is 0 Å². The molecule has 0 aromatic carbocycles. The van der Waals surface area contributed by atoms with Gasteiger partial charge in [0.1, 0.15) is 0 Å². The van der Waals surface area contributed by atoms with E-state index < -0.39 is 11.9 Å². The lowest BCUT2D eigenvalue weighted by molar-refractivity contribution is -0.141. The zero-order valence-corrected chi connectivity index (χ0v) is 10.9. The lowest BCUT2D eigenvalue weighted by Crippen LogP contribution is -2.32. The predicted molar refractivity (Wildman–Crippen MR) is 63.3 cm³/mol. The van der Waals surface area contributed by atoms with E-state index in [1.807, 2.05) is 13.8 Å². The summed E-state index contributed by atoms with van der Waals surface area (Å²) in [5.41, 5.74) is -0.383. The lowest BCUT2D eigenvalue weighted by atomic mass is 10.1. The third-order valence-electron chi connectivity index (χ3n) is 4.52. The van der Waals surface area contributed by atoms with E-state index >= 15 is 0 Å². The monoisotopic (exact) mass is 239 g/mol. The van der Waals surface area contributed by atoms with Crippen molar-refractivity contribution in [2.45, 2.75) is 27.2 Å². The summed E-state index contributed by atoms with van der Waals surface area (Å²) in [5.74, 6) is -0.349. The molecule has 0 aromatic rings. The number of amides is 1. The van der Waals surface area contributed by atoms with Crippen molar-refractivity contribution >= 4 is 11.9 Å². The molecular formula is C13H21NO3. The van der Waals surface area contributed by atoms with Gasteiger partial charge in [0.15, 0.2) is 0 Å². The smallest absolute Gasteiger partial charge is 0.307 e. The number of carboxylic acid groups (broad SMARTS) is 1. The molecule has 17 heavy (non-hydrogen) atoms. The highest BCUT2D eigenvalue weighted by molar-refractivity contribution is 5.91. The number of carbonyl (C=O) groups excluding carboxylic acids is 1. The maximum atomic E-state index is 12.2. The van der Waals surface area contributed by atoms with Gasteiger partial charge in [-0.25, -0.2) is 0 Å². The van der Waals surface area contributed by atoms with Crippen molar-refractivity contribution in [1.82, 2.24) is 4.90 Å². The number of hydrogen-bond acceptors (Lipinski definition) is 2. The summed E-state index contributed by atoms with van der Waals surface area (Å²) >= 11 is 0. The number of nitrogens with zero attached hydrogens (tertiary/aromatic N) is 1. The second-order valence-electron chi connectivity index (χ2n) is 6.31. The summed E-state index contributed by atoms with van der Waals surface area (Å²) < 4.78 is 0. The van der Waals surface area contributed by atoms with E-state index in [0.717, 1.165) is 6.54 Å². The van der Waals surface area contributed by atoms with Gasteiger partial charge in [0.2, 0.25) is 5.91 Å². The Bertz CT molecular complexity index is 364. The van der Waals surface area contributed by atoms with Crippen LogP contribution >= 0.6 is 0 Å².